The average Bonchev–Trinajstić information content (AvgIpc) is 2.37. The molecule has 1 aromatic rings. The maximum atomic E-state index is 12.0. The summed E-state index contributed by atoms with van der Waals surface area (Å²) in [5.74, 6) is -0.929. The molecule has 1 rings (SSSR count). The lowest BCUT2D eigenvalue weighted by molar-refractivity contribution is -0.139. The van der Waals surface area contributed by atoms with Crippen molar-refractivity contribution in [3.8, 4) is 0 Å². The van der Waals surface area contributed by atoms with Crippen molar-refractivity contribution >= 4 is 31.7 Å². The molecule has 1 aromatic carbocycles. The van der Waals surface area contributed by atoms with Crippen LogP contribution in [0.3, 0.4) is 0 Å². The number of esters is 1. The molecule has 0 radical (unpaired) electrons. The summed E-state index contributed by atoms with van der Waals surface area (Å²) in [4.78, 5) is 11.1. The fourth-order valence-electron chi connectivity index (χ4n) is 1.52. The number of methoxy groups -OCH3 is 1. The van der Waals surface area contributed by atoms with Gasteiger partial charge < -0.3 is 4.74 Å². The number of rotatable bonds is 5. The molecule has 3 N–H and O–H groups in total. The van der Waals surface area contributed by atoms with Crippen molar-refractivity contribution in [2.45, 2.75) is 24.0 Å². The summed E-state index contributed by atoms with van der Waals surface area (Å²) in [6, 6.07) is 3.86. The Labute approximate surface area is 123 Å². The summed E-state index contributed by atoms with van der Waals surface area (Å²) in [5, 5.41) is 3.60. The number of aryl methyl sites for hydroxylation is 1. The highest BCUT2D eigenvalue weighted by Crippen LogP contribution is 2.20. The third-order valence-corrected chi connectivity index (χ3v) is 5.45. The van der Waals surface area contributed by atoms with Gasteiger partial charge in [-0.1, -0.05) is 6.07 Å². The minimum atomic E-state index is -4.06. The van der Waals surface area contributed by atoms with Crippen LogP contribution in [0, 0.1) is 6.92 Å². The zero-order valence-electron chi connectivity index (χ0n) is 11.7. The highest BCUT2D eigenvalue weighted by Gasteiger charge is 2.29. The zero-order valence-corrected chi connectivity index (χ0v) is 13.3. The predicted molar refractivity (Wildman–Crippen MR) is 76.6 cm³/mol. The maximum Gasteiger partial charge on any atom is 0.325 e. The van der Waals surface area contributed by atoms with E-state index in [1.54, 1.807) is 0 Å². The molecule has 0 aliphatic rings. The molecular weight excluding hydrogens is 320 g/mol. The van der Waals surface area contributed by atoms with Gasteiger partial charge in [-0.05, 0) is 31.5 Å². The normalized spacial score (nSPS) is 13.5. The zero-order chi connectivity index (χ0) is 16.4. The Morgan fingerprint density at radius 1 is 1.29 bits per heavy atom. The Morgan fingerprint density at radius 3 is 2.33 bits per heavy atom. The largest absolute Gasteiger partial charge is 0.468 e. The summed E-state index contributed by atoms with van der Waals surface area (Å²) >= 11 is 0. The number of sulfonamides is 2. The molecule has 0 fully saturated rings. The Morgan fingerprint density at radius 2 is 1.86 bits per heavy atom. The van der Waals surface area contributed by atoms with Gasteiger partial charge in [-0.2, -0.15) is 0 Å². The first kappa shape index (κ1) is 17.4. The van der Waals surface area contributed by atoms with Crippen LogP contribution in [0.15, 0.2) is 23.1 Å². The van der Waals surface area contributed by atoms with Crippen LogP contribution in [0.25, 0.3) is 0 Å². The van der Waals surface area contributed by atoms with Crippen LogP contribution in [-0.2, 0) is 29.6 Å². The van der Waals surface area contributed by atoms with E-state index in [4.69, 9.17) is 5.14 Å². The van der Waals surface area contributed by atoms with Crippen LogP contribution in [0.2, 0.25) is 0 Å². The van der Waals surface area contributed by atoms with E-state index in [9.17, 15) is 21.6 Å². The first-order chi connectivity index (χ1) is 9.49. The van der Waals surface area contributed by atoms with E-state index < -0.39 is 31.3 Å². The van der Waals surface area contributed by atoms with Crippen LogP contribution in [0.5, 0.6) is 0 Å². The van der Waals surface area contributed by atoms with Crippen molar-refractivity contribution in [2.75, 3.05) is 11.8 Å². The molecule has 0 heterocycles. The SMILES string of the molecule is COC(=O)C(C)S(=O)(=O)Nc1ccc(C)c(S(N)(=O)=O)c1. The fraction of sp³-hybridized carbons (Fsp3) is 0.364. The van der Waals surface area contributed by atoms with Gasteiger partial charge in [-0.25, -0.2) is 22.0 Å². The number of ether oxygens (including phenoxy) is 1. The summed E-state index contributed by atoms with van der Waals surface area (Å²) in [5.41, 5.74) is 0.363. The summed E-state index contributed by atoms with van der Waals surface area (Å²) in [7, 11) is -6.97. The lowest BCUT2D eigenvalue weighted by Gasteiger charge is -2.14. The number of nitrogens with one attached hydrogen (secondary N) is 1. The molecule has 0 saturated heterocycles. The number of carbonyl (C=O) groups is 1. The van der Waals surface area contributed by atoms with Gasteiger partial charge in [0.05, 0.1) is 12.0 Å². The van der Waals surface area contributed by atoms with Crippen LogP contribution >= 0.6 is 0 Å². The lowest BCUT2D eigenvalue weighted by Crippen LogP contribution is -2.33. The van der Waals surface area contributed by atoms with E-state index >= 15 is 0 Å². The summed E-state index contributed by atoms with van der Waals surface area (Å²) in [6.07, 6.45) is 0. The average molecular weight is 336 g/mol. The van der Waals surface area contributed by atoms with Crippen molar-refractivity contribution in [1.82, 2.24) is 0 Å². The van der Waals surface area contributed by atoms with Gasteiger partial charge >= 0.3 is 5.97 Å². The van der Waals surface area contributed by atoms with E-state index in [2.05, 4.69) is 9.46 Å². The van der Waals surface area contributed by atoms with Crippen LogP contribution < -0.4 is 9.86 Å². The van der Waals surface area contributed by atoms with Crippen LogP contribution in [0.1, 0.15) is 12.5 Å². The third kappa shape index (κ3) is 4.16. The first-order valence-corrected chi connectivity index (χ1v) is 8.81. The Hall–Kier alpha value is -1.65. The Bertz CT molecular complexity index is 755. The van der Waals surface area contributed by atoms with Crippen molar-refractivity contribution in [1.29, 1.82) is 0 Å². The molecule has 8 nitrogen and oxygen atoms in total. The van der Waals surface area contributed by atoms with Gasteiger partial charge in [0.1, 0.15) is 0 Å². The molecule has 118 valence electrons. The second kappa shape index (κ2) is 6.00. The topological polar surface area (TPSA) is 133 Å². The molecule has 0 aromatic heterocycles. The maximum absolute atomic E-state index is 12.0. The van der Waals surface area contributed by atoms with Gasteiger partial charge in [0.15, 0.2) is 5.25 Å². The quantitative estimate of drug-likeness (QED) is 0.724. The molecule has 1 atom stereocenters. The van der Waals surface area contributed by atoms with E-state index in [0.29, 0.717) is 5.56 Å². The monoisotopic (exact) mass is 336 g/mol. The van der Waals surface area contributed by atoms with E-state index in [0.717, 1.165) is 20.1 Å². The second-order valence-corrected chi connectivity index (χ2v) is 7.87. The number of carbonyl (C=O) groups excluding carboxylic acids is 1. The van der Waals surface area contributed by atoms with Gasteiger partial charge in [0.25, 0.3) is 0 Å². The standard InChI is InChI=1S/C11H16N2O6S2/c1-7-4-5-9(6-10(7)20(12,15)16)13-21(17,18)8(2)11(14)19-3/h4-6,8,13H,1-3H3,(H2,12,15,16). The number of primary sulfonamides is 1. The molecule has 1 unspecified atom stereocenters. The van der Waals surface area contributed by atoms with Crippen LogP contribution in [-0.4, -0.2) is 35.2 Å². The molecule has 21 heavy (non-hydrogen) atoms. The minimum absolute atomic E-state index is 0.0135. The van der Waals surface area contributed by atoms with E-state index in [1.807, 2.05) is 0 Å². The van der Waals surface area contributed by atoms with Gasteiger partial charge in [0, 0.05) is 5.69 Å². The van der Waals surface area contributed by atoms with E-state index in [1.165, 1.54) is 19.1 Å². The predicted octanol–water partition coefficient (Wildman–Crippen LogP) is -0.0544. The van der Waals surface area contributed by atoms with Gasteiger partial charge in [-0.3, -0.25) is 9.52 Å². The van der Waals surface area contributed by atoms with Crippen LogP contribution in [0.4, 0.5) is 5.69 Å². The Balaban J connectivity index is 3.18. The second-order valence-electron chi connectivity index (χ2n) is 4.34. The first-order valence-electron chi connectivity index (χ1n) is 5.72. The summed E-state index contributed by atoms with van der Waals surface area (Å²) in [6.45, 7) is 2.68. The van der Waals surface area contributed by atoms with Gasteiger partial charge in [-0.15, -0.1) is 0 Å². The third-order valence-electron chi connectivity index (χ3n) is 2.75. The fourth-order valence-corrected chi connectivity index (χ4v) is 3.31. The molecule has 0 saturated carbocycles. The van der Waals surface area contributed by atoms with Crippen molar-refractivity contribution in [2.24, 2.45) is 5.14 Å². The number of hydrogen-bond donors (Lipinski definition) is 2. The Kier molecular flexibility index (Phi) is 4.97. The van der Waals surface area contributed by atoms with Crippen molar-refractivity contribution < 1.29 is 26.4 Å². The highest BCUT2D eigenvalue weighted by atomic mass is 32.2. The molecule has 0 bridgehead atoms. The molecule has 10 heteroatoms. The van der Waals surface area contributed by atoms with Crippen molar-refractivity contribution in [3.63, 3.8) is 0 Å². The molecule has 0 aliphatic carbocycles. The molecular formula is C11H16N2O6S2. The summed E-state index contributed by atoms with van der Waals surface area (Å²) < 4.78 is 53.2. The smallest absolute Gasteiger partial charge is 0.325 e. The lowest BCUT2D eigenvalue weighted by atomic mass is 10.2. The molecule has 0 amide bonds. The van der Waals surface area contributed by atoms with Crippen molar-refractivity contribution in [3.05, 3.63) is 23.8 Å². The highest BCUT2D eigenvalue weighted by molar-refractivity contribution is 7.94. The number of anilines is 1. The van der Waals surface area contributed by atoms with Gasteiger partial charge in [0.2, 0.25) is 20.0 Å². The minimum Gasteiger partial charge on any atom is -0.468 e. The van der Waals surface area contributed by atoms with E-state index in [-0.39, 0.29) is 10.6 Å². The number of nitrogens with two attached hydrogens (primary N) is 1. The number of hydrogen-bond acceptors (Lipinski definition) is 6. The molecule has 0 spiro atoms. The number of benzene rings is 1. The molecule has 0 aliphatic heterocycles.